The van der Waals surface area contributed by atoms with E-state index in [1.54, 1.807) is 204 Å². The van der Waals surface area contributed by atoms with Crippen molar-refractivity contribution in [1.82, 2.24) is 0 Å². The fraction of sp³-hybridized carbons (Fsp3) is 0. The Bertz CT molecular complexity index is 3840. The van der Waals surface area contributed by atoms with Crippen LogP contribution >= 0.6 is 55.4 Å². The molecule has 6 nitrogen and oxygen atoms in total. The number of benzene rings is 4. The van der Waals surface area contributed by atoms with Crippen molar-refractivity contribution in [3.05, 3.63) is 93.9 Å². The van der Waals surface area contributed by atoms with Crippen LogP contribution in [0.2, 0.25) is 0 Å². The van der Waals surface area contributed by atoms with Gasteiger partial charge in [0.25, 0.3) is 0 Å². The lowest BCUT2D eigenvalue weighted by Crippen LogP contribution is -2.19. The first-order valence-corrected chi connectivity index (χ1v) is 59.7. The van der Waals surface area contributed by atoms with E-state index in [-0.39, 0.29) is 19.6 Å². The summed E-state index contributed by atoms with van der Waals surface area (Å²) in [5.41, 5.74) is 0. The predicted molar refractivity (Wildman–Crippen MR) is 374 cm³/mol. The van der Waals surface area contributed by atoms with E-state index < -0.39 is 19.7 Å². The molecule has 0 atom stereocenters. The summed E-state index contributed by atoms with van der Waals surface area (Å²) in [4.78, 5) is 4.72. The molecule has 0 spiro atoms. The van der Waals surface area contributed by atoms with E-state index in [1.807, 2.05) is 23.5 Å². The summed E-state index contributed by atoms with van der Waals surface area (Å²) in [6.07, 6.45) is 0. The molecule has 2 aliphatic heterocycles. The highest BCUT2D eigenvalue weighted by molar-refractivity contribution is 9.10. The van der Waals surface area contributed by atoms with Gasteiger partial charge in [0.05, 0.1) is 19.6 Å². The molecule has 6 rings (SSSR count). The molecule has 67 heavy (non-hydrogen) atoms. The van der Waals surface area contributed by atoms with Gasteiger partial charge in [-0.15, -0.1) is 0 Å². The first-order valence-electron chi connectivity index (χ1n) is 14.8. The van der Waals surface area contributed by atoms with Crippen molar-refractivity contribution in [3.8, 4) is 0 Å². The van der Waals surface area contributed by atoms with Gasteiger partial charge in [0.2, 0.25) is 19.7 Å². The quantitative estimate of drug-likeness (QED) is 0.117. The second kappa shape index (κ2) is 43.1. The molecule has 0 radical (unpaired) electrons. The second-order valence-corrected chi connectivity index (χ2v) is 64.7. The highest BCUT2D eigenvalue weighted by Gasteiger charge is 2.38. The van der Waals surface area contributed by atoms with E-state index in [4.69, 9.17) is 55.3 Å². The molecular formula is C24H16Br2O6S35. The second-order valence-electron chi connectivity index (χ2n) is 9.12. The number of halogens is 2. The molecule has 2 aliphatic rings. The smallest absolute Gasteiger partial charge is 0.209 e. The van der Waals surface area contributed by atoms with Gasteiger partial charge in [-0.25, -0.2) is 16.8 Å². The standard InChI is InChI=1S/C12H7BrO4S2.C12H7BrS2.H2O2.S16.S15/c13-8-5-6-11-12(7-8)19(16,17)10-4-2-1-3-9(10)18(11,14)15;13-8-5-6-11-12(7-8)15-10-4-2-1-3-9(10)14-11;1-2;1-3-5-7-9-11-13-15-16-14-12-10-8-6-4-2;1-3-5-7-9-11-13-15-14-12-10-8-6-4-2/h1-7H;1-7H;1-2H;;. The first kappa shape index (κ1) is 68.3. The first-order chi connectivity index (χ1) is 32.5. The van der Waals surface area contributed by atoms with Crippen LogP contribution in [0.1, 0.15) is 0 Å². The summed E-state index contributed by atoms with van der Waals surface area (Å²) in [6.45, 7) is 0. The Labute approximate surface area is 508 Å². The van der Waals surface area contributed by atoms with Gasteiger partial charge in [0.1, 0.15) is 0 Å². The molecule has 0 bridgehead atoms. The molecule has 0 saturated carbocycles. The van der Waals surface area contributed by atoms with Crippen LogP contribution in [0.5, 0.6) is 0 Å². The highest BCUT2D eigenvalue weighted by atomic mass is 79.9. The number of hydrogen-bond donors (Lipinski definition) is 2. The number of fused-ring (bicyclic) bond motifs is 4. The summed E-state index contributed by atoms with van der Waals surface area (Å²) in [5.74, 6) is 0. The molecule has 0 aliphatic carbocycles. The molecule has 2 heterocycles. The van der Waals surface area contributed by atoms with Crippen LogP contribution in [0.25, 0.3) is 0 Å². The van der Waals surface area contributed by atoms with Gasteiger partial charge in [-0.2, -0.15) is 0 Å². The maximum absolute atomic E-state index is 12.5. The molecule has 372 valence electrons. The van der Waals surface area contributed by atoms with E-state index in [0.29, 0.717) is 4.47 Å². The van der Waals surface area contributed by atoms with Gasteiger partial charge in [0, 0.05) is 313 Å². The Morgan fingerprint density at radius 3 is 0.985 bits per heavy atom. The van der Waals surface area contributed by atoms with Crippen molar-refractivity contribution in [2.24, 2.45) is 0 Å². The Morgan fingerprint density at radius 1 is 0.343 bits per heavy atom. The largest absolute Gasteiger partial charge is 0.255 e. The maximum Gasteiger partial charge on any atom is 0.209 e. The van der Waals surface area contributed by atoms with Crippen molar-refractivity contribution in [1.29, 1.82) is 0 Å². The van der Waals surface area contributed by atoms with Crippen molar-refractivity contribution in [2.75, 3.05) is 0 Å². The van der Waals surface area contributed by atoms with Crippen LogP contribution in [0.4, 0.5) is 0 Å². The van der Waals surface area contributed by atoms with E-state index in [0.717, 1.165) is 4.47 Å². The van der Waals surface area contributed by atoms with Gasteiger partial charge >= 0.3 is 0 Å². The summed E-state index contributed by atoms with van der Waals surface area (Å²) in [7, 11) is 37.7. The lowest BCUT2D eigenvalue weighted by Gasteiger charge is -2.19. The third-order valence-corrected chi connectivity index (χ3v) is 68.9. The Hall–Kier alpha value is 5.18. The Kier molecular flexibility index (Phi) is 43.9. The van der Waals surface area contributed by atoms with E-state index in [9.17, 15) is 16.8 Å². The van der Waals surface area contributed by atoms with Crippen LogP contribution < -0.4 is 0 Å². The van der Waals surface area contributed by atoms with Crippen LogP contribution in [0, 0.1) is 0 Å². The van der Waals surface area contributed by atoms with Crippen molar-refractivity contribution < 1.29 is 27.4 Å². The minimum atomic E-state index is -3.80. The predicted octanol–water partition coefficient (Wildman–Crippen LogP) is 7.44. The number of hydrogen-bond acceptors (Lipinski definition) is 12. The van der Waals surface area contributed by atoms with Gasteiger partial charge in [0.15, 0.2) is 0 Å². The third-order valence-electron chi connectivity index (χ3n) is 5.80. The molecule has 43 heteroatoms. The molecular weight excluding hydrogens is 1670 g/mol. The van der Waals surface area contributed by atoms with Crippen LogP contribution in [0.3, 0.4) is 0 Å². The van der Waals surface area contributed by atoms with Crippen LogP contribution in [-0.4, -0.2) is 27.4 Å². The Balaban J connectivity index is 0.000000304. The van der Waals surface area contributed by atoms with E-state index >= 15 is 0 Å². The van der Waals surface area contributed by atoms with Crippen molar-refractivity contribution >= 4 is 360 Å². The zero-order chi connectivity index (χ0) is 49.2. The summed E-state index contributed by atoms with van der Waals surface area (Å²) < 4.78 is 51.4. The summed E-state index contributed by atoms with van der Waals surface area (Å²) >= 11 is 29.3. The van der Waals surface area contributed by atoms with Gasteiger partial charge in [-0.05, 0) is 60.7 Å². The summed E-state index contributed by atoms with van der Waals surface area (Å²) in [6, 6.07) is 24.8. The SMILES string of the molecule is Brc1ccc2c(c1)Sc1ccccc1S2.O=S1(=O)c2ccccc2S(=O)(=O)c2cc(Br)ccc21.OO.S=S=S=S=S=S=S=S=S=S=S=S=S=S=S.S=S=S=S=S=S=S=S=S=S=S=S=S=S=S=S. The molecule has 0 fully saturated rings. The van der Waals surface area contributed by atoms with Gasteiger partial charge in [-0.3, -0.25) is 10.5 Å². The zero-order valence-corrected chi connectivity index (χ0v) is 62.4. The van der Waals surface area contributed by atoms with Gasteiger partial charge in [-0.1, -0.05) is 79.6 Å². The van der Waals surface area contributed by atoms with Gasteiger partial charge < -0.3 is 0 Å². The maximum atomic E-state index is 12.5. The van der Waals surface area contributed by atoms with E-state index in [2.05, 4.69) is 74.3 Å². The lowest BCUT2D eigenvalue weighted by molar-refractivity contribution is -0.176. The molecule has 0 saturated heterocycles. The topological polar surface area (TPSA) is 109 Å². The molecule has 4 aromatic carbocycles. The monoisotopic (exact) mass is 1680 g/mol. The highest BCUT2D eigenvalue weighted by Crippen LogP contribution is 2.48. The number of sulfone groups is 2. The zero-order valence-electron chi connectivity index (χ0n) is 30.7. The summed E-state index contributed by atoms with van der Waals surface area (Å²) in [5, 5.41) is 12.0. The minimum absolute atomic E-state index is 0.162. The van der Waals surface area contributed by atoms with Crippen LogP contribution in [-0.2, 0) is 304 Å². The molecule has 0 unspecified atom stereocenters. The average Bonchev–Trinajstić information content (AvgIpc) is 3.34. The fourth-order valence-corrected chi connectivity index (χ4v) is 74.4. The number of rotatable bonds is 0. The van der Waals surface area contributed by atoms with E-state index in [1.165, 1.54) is 97.6 Å². The molecule has 4 aromatic rings. The minimum Gasteiger partial charge on any atom is -0.255 e. The van der Waals surface area contributed by atoms with Crippen LogP contribution in [0.15, 0.2) is 133 Å². The average molecular weight is 1680 g/mol. The van der Waals surface area contributed by atoms with Crippen molar-refractivity contribution in [3.63, 3.8) is 0 Å². The van der Waals surface area contributed by atoms with Crippen molar-refractivity contribution in [2.45, 2.75) is 39.2 Å². The fourth-order valence-electron chi connectivity index (χ4n) is 3.81. The third kappa shape index (κ3) is 28.1. The Morgan fingerprint density at radius 2 is 0.612 bits per heavy atom. The molecule has 0 amide bonds. The normalized spacial score (nSPS) is 11.6. The molecule has 2 N–H and O–H groups in total. The lowest BCUT2D eigenvalue weighted by atomic mass is 10.3. The molecule has 0 aromatic heterocycles.